The number of hydrogen-bond donors (Lipinski definition) is 5. The fourth-order valence-electron chi connectivity index (χ4n) is 1.31. The van der Waals surface area contributed by atoms with Crippen LogP contribution in [-0.2, 0) is 9.53 Å². The third-order valence-electron chi connectivity index (χ3n) is 2.04. The summed E-state index contributed by atoms with van der Waals surface area (Å²) in [5.41, 5.74) is 5.49. The number of hydrogen-bond acceptors (Lipinski definition) is 6. The van der Waals surface area contributed by atoms with Crippen LogP contribution in [0, 0.1) is 0 Å². The Morgan fingerprint density at radius 2 is 2.13 bits per heavy atom. The van der Waals surface area contributed by atoms with E-state index in [1.54, 1.807) is 0 Å². The molecule has 7 nitrogen and oxygen atoms in total. The van der Waals surface area contributed by atoms with Gasteiger partial charge in [-0.1, -0.05) is 0 Å². The summed E-state index contributed by atoms with van der Waals surface area (Å²) < 4.78 is 4.98. The molecule has 0 saturated carbocycles. The molecule has 0 aromatic carbocycles. The van der Waals surface area contributed by atoms with Crippen molar-refractivity contribution < 1.29 is 24.9 Å². The zero-order chi connectivity index (χ0) is 11.6. The van der Waals surface area contributed by atoms with Crippen LogP contribution in [0.1, 0.15) is 6.92 Å². The summed E-state index contributed by atoms with van der Waals surface area (Å²) in [6, 6.07) is -0.995. The van der Waals surface area contributed by atoms with Crippen LogP contribution >= 0.6 is 0 Å². The van der Waals surface area contributed by atoms with Crippen molar-refractivity contribution in [3.63, 3.8) is 0 Å². The van der Waals surface area contributed by atoms with Gasteiger partial charge in [0.2, 0.25) is 5.91 Å². The number of carbonyl (C=O) groups excluding carboxylic acids is 1. The maximum Gasteiger partial charge on any atom is 0.217 e. The zero-order valence-electron chi connectivity index (χ0n) is 8.17. The number of ether oxygens (including phenoxy) is 1. The van der Waals surface area contributed by atoms with E-state index in [4.69, 9.17) is 15.6 Å². The fourth-order valence-corrected chi connectivity index (χ4v) is 1.31. The third-order valence-corrected chi connectivity index (χ3v) is 2.04. The zero-order valence-corrected chi connectivity index (χ0v) is 8.17. The fraction of sp³-hybridized carbons (Fsp3) is 0.625. The summed E-state index contributed by atoms with van der Waals surface area (Å²) in [7, 11) is 0. The largest absolute Gasteiger partial charge is 0.507 e. The lowest BCUT2D eigenvalue weighted by Gasteiger charge is -2.32. The lowest BCUT2D eigenvalue weighted by Crippen LogP contribution is -2.55. The Hall–Kier alpha value is -1.31. The number of nitrogens with one attached hydrogen (secondary N) is 1. The predicted molar refractivity (Wildman–Crippen MR) is 49.8 cm³/mol. The molecule has 3 atom stereocenters. The first-order valence-corrected chi connectivity index (χ1v) is 4.38. The molecule has 0 saturated heterocycles. The summed E-state index contributed by atoms with van der Waals surface area (Å²) >= 11 is 0. The van der Waals surface area contributed by atoms with Crippen molar-refractivity contribution in [2.24, 2.45) is 5.73 Å². The van der Waals surface area contributed by atoms with E-state index in [9.17, 15) is 15.0 Å². The molecule has 0 spiro atoms. The van der Waals surface area contributed by atoms with Gasteiger partial charge in [0, 0.05) is 6.92 Å². The monoisotopic (exact) mass is 218 g/mol. The first-order chi connectivity index (χ1) is 6.97. The molecule has 1 unspecified atom stereocenters. The molecule has 0 aromatic rings. The molecule has 1 heterocycles. The molecule has 6 N–H and O–H groups in total. The average molecular weight is 218 g/mol. The van der Waals surface area contributed by atoms with Crippen molar-refractivity contribution in [3.8, 4) is 0 Å². The molecule has 1 aliphatic heterocycles. The topological polar surface area (TPSA) is 125 Å². The van der Waals surface area contributed by atoms with Crippen LogP contribution in [0.5, 0.6) is 0 Å². The second-order valence-corrected chi connectivity index (χ2v) is 3.22. The van der Waals surface area contributed by atoms with Crippen molar-refractivity contribution in [1.29, 1.82) is 0 Å². The molecule has 7 heteroatoms. The molecule has 0 radical (unpaired) electrons. The lowest BCUT2D eigenvalue weighted by molar-refractivity contribution is -0.123. The van der Waals surface area contributed by atoms with Gasteiger partial charge >= 0.3 is 0 Å². The molecule has 1 rings (SSSR count). The first kappa shape index (κ1) is 11.8. The normalized spacial score (nSPS) is 31.5. The molecular formula is C8H14N2O5. The minimum Gasteiger partial charge on any atom is -0.507 e. The van der Waals surface area contributed by atoms with Gasteiger partial charge in [-0.15, -0.1) is 0 Å². The number of rotatable bonds is 2. The molecule has 86 valence electrons. The van der Waals surface area contributed by atoms with Crippen molar-refractivity contribution in [2.45, 2.75) is 25.3 Å². The van der Waals surface area contributed by atoms with Crippen LogP contribution in [0.25, 0.3) is 0 Å². The van der Waals surface area contributed by atoms with Crippen LogP contribution < -0.4 is 11.1 Å². The van der Waals surface area contributed by atoms with Gasteiger partial charge in [0.25, 0.3) is 0 Å². The van der Waals surface area contributed by atoms with Crippen molar-refractivity contribution in [2.75, 3.05) is 6.61 Å². The Balaban J connectivity index is 2.89. The van der Waals surface area contributed by atoms with Gasteiger partial charge in [0.15, 0.2) is 11.5 Å². The lowest BCUT2D eigenvalue weighted by atomic mass is 10.1. The molecule has 0 aliphatic carbocycles. The number of aliphatic hydroxyl groups is 3. The number of nitrogens with two attached hydrogens (primary N) is 1. The molecule has 0 bridgehead atoms. The Bertz CT molecular complexity index is 291. The van der Waals surface area contributed by atoms with Gasteiger partial charge in [-0.05, 0) is 0 Å². The van der Waals surface area contributed by atoms with Gasteiger partial charge in [-0.2, -0.15) is 0 Å². The highest BCUT2D eigenvalue weighted by molar-refractivity contribution is 5.73. The summed E-state index contributed by atoms with van der Waals surface area (Å²) in [6.07, 6.45) is -2.06. The molecular weight excluding hydrogens is 204 g/mol. The van der Waals surface area contributed by atoms with Crippen molar-refractivity contribution >= 4 is 5.91 Å². The van der Waals surface area contributed by atoms with Gasteiger partial charge in [-0.25, -0.2) is 0 Å². The first-order valence-electron chi connectivity index (χ1n) is 4.38. The van der Waals surface area contributed by atoms with Gasteiger partial charge < -0.3 is 31.1 Å². The molecule has 1 aliphatic rings. The van der Waals surface area contributed by atoms with E-state index in [1.165, 1.54) is 6.92 Å². The van der Waals surface area contributed by atoms with E-state index in [1.807, 2.05) is 0 Å². The SMILES string of the molecule is CC(=O)NC1C(O)=C(O)[C@@H](CO)O[C@H]1N. The second kappa shape index (κ2) is 4.47. The maximum absolute atomic E-state index is 10.8. The molecule has 0 fully saturated rings. The predicted octanol–water partition coefficient (Wildman–Crippen LogP) is -1.51. The van der Waals surface area contributed by atoms with E-state index in [0.29, 0.717) is 0 Å². The Morgan fingerprint density at radius 1 is 1.53 bits per heavy atom. The highest BCUT2D eigenvalue weighted by Crippen LogP contribution is 2.20. The van der Waals surface area contributed by atoms with Crippen molar-refractivity contribution in [1.82, 2.24) is 5.32 Å². The minimum atomic E-state index is -1.05. The summed E-state index contributed by atoms with van der Waals surface area (Å²) in [5, 5.41) is 30.0. The van der Waals surface area contributed by atoms with Crippen LogP contribution in [-0.4, -0.2) is 46.2 Å². The van der Waals surface area contributed by atoms with E-state index < -0.39 is 42.4 Å². The average Bonchev–Trinajstić information content (AvgIpc) is 2.18. The molecule has 15 heavy (non-hydrogen) atoms. The second-order valence-electron chi connectivity index (χ2n) is 3.22. The van der Waals surface area contributed by atoms with E-state index in [2.05, 4.69) is 5.32 Å². The quantitative estimate of drug-likeness (QED) is 0.384. The third kappa shape index (κ3) is 2.38. The Kier molecular flexibility index (Phi) is 3.51. The highest BCUT2D eigenvalue weighted by atomic mass is 16.5. The minimum absolute atomic E-state index is 0.416. The Morgan fingerprint density at radius 3 is 2.60 bits per heavy atom. The van der Waals surface area contributed by atoms with Crippen molar-refractivity contribution in [3.05, 3.63) is 11.5 Å². The van der Waals surface area contributed by atoms with Gasteiger partial charge in [0.05, 0.1) is 6.61 Å². The summed E-state index contributed by atoms with van der Waals surface area (Å²) in [4.78, 5) is 10.8. The van der Waals surface area contributed by atoms with Crippen LogP contribution in [0.15, 0.2) is 11.5 Å². The van der Waals surface area contributed by atoms with Gasteiger partial charge in [0.1, 0.15) is 18.4 Å². The van der Waals surface area contributed by atoms with E-state index >= 15 is 0 Å². The standard InChI is InChI=1S/C8H14N2O5/c1-3(12)10-5-7(14)6(13)4(2-11)15-8(5)9/h4-5,8,11,13-14H,2,9H2,1H3,(H,10,12)/t4-,5?,8-/m1/s1. The summed E-state index contributed by atoms with van der Waals surface area (Å²) in [6.45, 7) is 0.742. The number of carbonyl (C=O) groups is 1. The molecule has 0 aromatic heterocycles. The van der Waals surface area contributed by atoms with E-state index in [-0.39, 0.29) is 0 Å². The maximum atomic E-state index is 10.8. The molecule has 1 amide bonds. The smallest absolute Gasteiger partial charge is 0.217 e. The van der Waals surface area contributed by atoms with Crippen LogP contribution in [0.4, 0.5) is 0 Å². The Labute approximate surface area is 86.1 Å². The highest BCUT2D eigenvalue weighted by Gasteiger charge is 2.36. The van der Waals surface area contributed by atoms with Crippen LogP contribution in [0.2, 0.25) is 0 Å². The van der Waals surface area contributed by atoms with Gasteiger partial charge in [-0.3, -0.25) is 4.79 Å². The number of aliphatic hydroxyl groups excluding tert-OH is 3. The number of amides is 1. The van der Waals surface area contributed by atoms with Crippen LogP contribution in [0.3, 0.4) is 0 Å². The summed E-state index contributed by atoms with van der Waals surface area (Å²) in [5.74, 6) is -1.42. The van der Waals surface area contributed by atoms with E-state index in [0.717, 1.165) is 0 Å².